The highest BCUT2D eigenvalue weighted by molar-refractivity contribution is 8.03. The van der Waals surface area contributed by atoms with Crippen LogP contribution in [0.4, 0.5) is 0 Å². The van der Waals surface area contributed by atoms with Crippen LogP contribution in [-0.4, -0.2) is 5.75 Å². The average Bonchev–Trinajstić information content (AvgIpc) is 2.54. The maximum Gasteiger partial charge on any atom is 0.0235 e. The molecule has 0 nitrogen and oxygen atoms in total. The zero-order valence-corrected chi connectivity index (χ0v) is 7.79. The molecule has 0 bridgehead atoms. The summed E-state index contributed by atoms with van der Waals surface area (Å²) in [6, 6.07) is 0. The Bertz CT molecular complexity index is 279. The van der Waals surface area contributed by atoms with Gasteiger partial charge in [0.25, 0.3) is 0 Å². The van der Waals surface area contributed by atoms with Gasteiger partial charge in [-0.3, -0.25) is 0 Å². The van der Waals surface area contributed by atoms with Crippen molar-refractivity contribution in [3.8, 4) is 0 Å². The van der Waals surface area contributed by atoms with E-state index in [9.17, 15) is 0 Å². The number of allylic oxidation sites excluding steroid dienone is 5. The monoisotopic (exact) mass is 164 g/mol. The molecule has 0 unspecified atom stereocenters. The zero-order chi connectivity index (χ0) is 7.84. The summed E-state index contributed by atoms with van der Waals surface area (Å²) in [5, 5.41) is 0. The SMILES string of the molecule is CCC1=CC=C2CSC(C)=C12. The maximum absolute atomic E-state index is 2.28. The van der Waals surface area contributed by atoms with Gasteiger partial charge in [-0.1, -0.05) is 19.1 Å². The molecule has 0 saturated heterocycles. The van der Waals surface area contributed by atoms with Gasteiger partial charge in [-0.05, 0) is 35.0 Å². The molecule has 0 N–H and O–H groups in total. The molecule has 0 fully saturated rings. The molecule has 1 heterocycles. The van der Waals surface area contributed by atoms with Gasteiger partial charge in [0, 0.05) is 5.75 Å². The van der Waals surface area contributed by atoms with Crippen LogP contribution in [0.2, 0.25) is 0 Å². The Morgan fingerprint density at radius 1 is 1.45 bits per heavy atom. The van der Waals surface area contributed by atoms with Crippen molar-refractivity contribution in [3.63, 3.8) is 0 Å². The zero-order valence-electron chi connectivity index (χ0n) is 6.98. The van der Waals surface area contributed by atoms with E-state index < -0.39 is 0 Å². The van der Waals surface area contributed by atoms with Crippen LogP contribution >= 0.6 is 11.8 Å². The molecule has 0 aromatic rings. The Kier molecular flexibility index (Phi) is 1.68. The van der Waals surface area contributed by atoms with E-state index in [1.807, 2.05) is 11.8 Å². The summed E-state index contributed by atoms with van der Waals surface area (Å²) < 4.78 is 0. The number of rotatable bonds is 1. The van der Waals surface area contributed by atoms with E-state index in [4.69, 9.17) is 0 Å². The Balaban J connectivity index is 2.42. The molecule has 1 heteroatoms. The third kappa shape index (κ3) is 0.987. The molecule has 0 radical (unpaired) electrons. The summed E-state index contributed by atoms with van der Waals surface area (Å²) >= 11 is 1.98. The van der Waals surface area contributed by atoms with Crippen LogP contribution < -0.4 is 0 Å². The summed E-state index contributed by atoms with van der Waals surface area (Å²) in [6.45, 7) is 4.46. The molecular formula is C10H12S. The molecule has 1 aliphatic carbocycles. The number of fused-ring (bicyclic) bond motifs is 1. The molecule has 2 aliphatic rings. The van der Waals surface area contributed by atoms with Crippen LogP contribution in [0.1, 0.15) is 20.3 Å². The van der Waals surface area contributed by atoms with Crippen molar-refractivity contribution < 1.29 is 0 Å². The lowest BCUT2D eigenvalue weighted by molar-refractivity contribution is 1.12. The van der Waals surface area contributed by atoms with E-state index >= 15 is 0 Å². The summed E-state index contributed by atoms with van der Waals surface area (Å²) in [7, 11) is 0. The molecule has 2 rings (SSSR count). The van der Waals surface area contributed by atoms with E-state index in [0.717, 1.165) is 0 Å². The molecule has 0 atom stereocenters. The maximum atomic E-state index is 2.28. The highest BCUT2D eigenvalue weighted by Crippen LogP contribution is 2.42. The lowest BCUT2D eigenvalue weighted by Gasteiger charge is -2.01. The van der Waals surface area contributed by atoms with Gasteiger partial charge in [-0.15, -0.1) is 11.8 Å². The fourth-order valence-corrected chi connectivity index (χ4v) is 2.72. The molecule has 1 aliphatic heterocycles. The molecule has 0 aromatic heterocycles. The van der Waals surface area contributed by atoms with Crippen molar-refractivity contribution in [1.29, 1.82) is 0 Å². The second-order valence-electron chi connectivity index (χ2n) is 2.96. The van der Waals surface area contributed by atoms with Crippen molar-refractivity contribution in [2.75, 3.05) is 5.75 Å². The first-order chi connectivity index (χ1) is 5.33. The fraction of sp³-hybridized carbons (Fsp3) is 0.400. The topological polar surface area (TPSA) is 0 Å². The quantitative estimate of drug-likeness (QED) is 0.573. The van der Waals surface area contributed by atoms with E-state index in [-0.39, 0.29) is 0 Å². The lowest BCUT2D eigenvalue weighted by Crippen LogP contribution is -1.85. The first-order valence-corrected chi connectivity index (χ1v) is 5.05. The van der Waals surface area contributed by atoms with Gasteiger partial charge in [-0.2, -0.15) is 0 Å². The minimum Gasteiger partial charge on any atom is -0.125 e. The summed E-state index contributed by atoms with van der Waals surface area (Å²) in [5.74, 6) is 1.20. The lowest BCUT2D eigenvalue weighted by atomic mass is 10.0. The van der Waals surface area contributed by atoms with E-state index in [0.29, 0.717) is 0 Å². The normalized spacial score (nSPS) is 22.0. The van der Waals surface area contributed by atoms with E-state index in [1.165, 1.54) is 22.7 Å². The van der Waals surface area contributed by atoms with Crippen molar-refractivity contribution in [1.82, 2.24) is 0 Å². The van der Waals surface area contributed by atoms with Gasteiger partial charge in [0.15, 0.2) is 0 Å². The summed E-state index contributed by atoms with van der Waals surface area (Å²) in [4.78, 5) is 1.52. The Morgan fingerprint density at radius 3 is 3.00 bits per heavy atom. The van der Waals surface area contributed by atoms with Gasteiger partial charge in [0.2, 0.25) is 0 Å². The third-order valence-electron chi connectivity index (χ3n) is 2.31. The smallest absolute Gasteiger partial charge is 0.0235 e. The second-order valence-corrected chi connectivity index (χ2v) is 4.15. The van der Waals surface area contributed by atoms with Gasteiger partial charge < -0.3 is 0 Å². The second kappa shape index (κ2) is 2.56. The van der Waals surface area contributed by atoms with Crippen LogP contribution in [0.15, 0.2) is 33.8 Å². The van der Waals surface area contributed by atoms with Gasteiger partial charge >= 0.3 is 0 Å². The van der Waals surface area contributed by atoms with Crippen molar-refractivity contribution in [2.45, 2.75) is 20.3 Å². The van der Waals surface area contributed by atoms with Crippen LogP contribution in [0.5, 0.6) is 0 Å². The fourth-order valence-electron chi connectivity index (χ4n) is 1.70. The molecular weight excluding hydrogens is 152 g/mol. The Labute approximate surface area is 72.1 Å². The first-order valence-electron chi connectivity index (χ1n) is 4.07. The van der Waals surface area contributed by atoms with Crippen molar-refractivity contribution >= 4 is 11.8 Å². The molecule has 0 spiro atoms. The molecule has 0 saturated carbocycles. The Morgan fingerprint density at radius 2 is 2.27 bits per heavy atom. The predicted octanol–water partition coefficient (Wildman–Crippen LogP) is 3.28. The minimum absolute atomic E-state index is 1.17. The van der Waals surface area contributed by atoms with E-state index in [2.05, 4.69) is 26.0 Å². The predicted molar refractivity (Wildman–Crippen MR) is 51.6 cm³/mol. The first kappa shape index (κ1) is 7.23. The number of hydrogen-bond donors (Lipinski definition) is 0. The third-order valence-corrected chi connectivity index (χ3v) is 3.40. The van der Waals surface area contributed by atoms with Crippen molar-refractivity contribution in [2.24, 2.45) is 0 Å². The molecule has 0 amide bonds. The molecule has 58 valence electrons. The largest absolute Gasteiger partial charge is 0.125 e. The van der Waals surface area contributed by atoms with E-state index in [1.54, 1.807) is 11.1 Å². The van der Waals surface area contributed by atoms with Crippen molar-refractivity contribution in [3.05, 3.63) is 33.8 Å². The number of hydrogen-bond acceptors (Lipinski definition) is 1. The van der Waals surface area contributed by atoms with Gasteiger partial charge in [0.1, 0.15) is 0 Å². The van der Waals surface area contributed by atoms with Crippen LogP contribution in [0.25, 0.3) is 0 Å². The van der Waals surface area contributed by atoms with Crippen LogP contribution in [0.3, 0.4) is 0 Å². The average molecular weight is 164 g/mol. The standard InChI is InChI=1S/C10H12S/c1-3-8-4-5-9-6-11-7(2)10(8)9/h4-5H,3,6H2,1-2H3. The molecule has 11 heavy (non-hydrogen) atoms. The summed E-state index contributed by atoms with van der Waals surface area (Å²) in [6.07, 6.45) is 5.72. The van der Waals surface area contributed by atoms with Gasteiger partial charge in [0.05, 0.1) is 0 Å². The highest BCUT2D eigenvalue weighted by atomic mass is 32.2. The molecule has 0 aromatic carbocycles. The highest BCUT2D eigenvalue weighted by Gasteiger charge is 2.22. The summed E-state index contributed by atoms with van der Waals surface area (Å²) in [5.41, 5.74) is 4.63. The minimum atomic E-state index is 1.17. The Hall–Kier alpha value is -0.430. The number of thioether (sulfide) groups is 1. The van der Waals surface area contributed by atoms with Crippen LogP contribution in [0, 0.1) is 0 Å². The van der Waals surface area contributed by atoms with Gasteiger partial charge in [-0.25, -0.2) is 0 Å². The van der Waals surface area contributed by atoms with Crippen LogP contribution in [-0.2, 0) is 0 Å².